The summed E-state index contributed by atoms with van der Waals surface area (Å²) in [4.78, 5) is 12.0. The van der Waals surface area contributed by atoms with Crippen LogP contribution in [0.15, 0.2) is 50.9 Å². The standard InChI is InChI=1S/C17H18N4O3S/c22-16-18-19-17(21(16)10-14-7-4-8-23-14)25-11-13-9-15(24-20-13)12-5-2-1-3-6-12/h1-3,5-6,9,14H,4,7-8,10-11H2,(H,18,22)/t14-/m1/s1. The Morgan fingerprint density at radius 1 is 1.32 bits per heavy atom. The van der Waals surface area contributed by atoms with Crippen molar-refractivity contribution in [1.29, 1.82) is 0 Å². The molecule has 1 N–H and O–H groups in total. The Bertz CT molecular complexity index is 881. The summed E-state index contributed by atoms with van der Waals surface area (Å²) in [6.07, 6.45) is 2.11. The number of ether oxygens (including phenoxy) is 1. The van der Waals surface area contributed by atoms with Gasteiger partial charge < -0.3 is 9.26 Å². The molecule has 1 aliphatic rings. The molecular formula is C17H18N4O3S. The van der Waals surface area contributed by atoms with E-state index in [9.17, 15) is 4.79 Å². The van der Waals surface area contributed by atoms with Crippen molar-refractivity contribution in [3.05, 3.63) is 52.6 Å². The highest BCUT2D eigenvalue weighted by atomic mass is 32.2. The summed E-state index contributed by atoms with van der Waals surface area (Å²) in [5.41, 5.74) is 1.59. The van der Waals surface area contributed by atoms with E-state index in [1.807, 2.05) is 36.4 Å². The molecule has 1 atom stereocenters. The van der Waals surface area contributed by atoms with Crippen LogP contribution in [-0.4, -0.2) is 32.6 Å². The van der Waals surface area contributed by atoms with Crippen molar-refractivity contribution in [2.24, 2.45) is 0 Å². The number of thioether (sulfide) groups is 1. The van der Waals surface area contributed by atoms with Crippen LogP contribution in [0.1, 0.15) is 18.5 Å². The monoisotopic (exact) mass is 358 g/mol. The number of nitrogens with one attached hydrogen (secondary N) is 1. The van der Waals surface area contributed by atoms with Gasteiger partial charge in [-0.05, 0) is 12.8 Å². The zero-order valence-electron chi connectivity index (χ0n) is 13.6. The van der Waals surface area contributed by atoms with Gasteiger partial charge in [-0.3, -0.25) is 4.57 Å². The molecule has 0 saturated carbocycles. The Labute approximate surface area is 148 Å². The third-order valence-corrected chi connectivity index (χ3v) is 5.11. The topological polar surface area (TPSA) is 85.9 Å². The molecule has 0 aliphatic carbocycles. The van der Waals surface area contributed by atoms with Crippen molar-refractivity contribution in [3.63, 3.8) is 0 Å². The summed E-state index contributed by atoms with van der Waals surface area (Å²) >= 11 is 1.46. The summed E-state index contributed by atoms with van der Waals surface area (Å²) in [6.45, 7) is 1.30. The van der Waals surface area contributed by atoms with Crippen molar-refractivity contribution in [2.45, 2.75) is 36.4 Å². The summed E-state index contributed by atoms with van der Waals surface area (Å²) < 4.78 is 12.7. The second kappa shape index (κ2) is 7.28. The van der Waals surface area contributed by atoms with Crippen LogP contribution in [0.3, 0.4) is 0 Å². The van der Waals surface area contributed by atoms with E-state index in [-0.39, 0.29) is 11.8 Å². The number of H-pyrrole nitrogens is 1. The van der Waals surface area contributed by atoms with Crippen LogP contribution >= 0.6 is 11.8 Å². The number of aromatic nitrogens is 4. The van der Waals surface area contributed by atoms with Gasteiger partial charge >= 0.3 is 5.69 Å². The fraction of sp³-hybridized carbons (Fsp3) is 0.353. The van der Waals surface area contributed by atoms with Crippen LogP contribution in [0.25, 0.3) is 11.3 Å². The van der Waals surface area contributed by atoms with E-state index in [4.69, 9.17) is 9.26 Å². The summed E-state index contributed by atoms with van der Waals surface area (Å²) in [5.74, 6) is 1.31. The van der Waals surface area contributed by atoms with Crippen LogP contribution < -0.4 is 5.69 Å². The van der Waals surface area contributed by atoms with E-state index in [1.165, 1.54) is 11.8 Å². The molecule has 7 nitrogen and oxygen atoms in total. The van der Waals surface area contributed by atoms with Gasteiger partial charge in [-0.25, -0.2) is 9.89 Å². The minimum atomic E-state index is -0.205. The molecular weight excluding hydrogens is 340 g/mol. The number of hydrogen-bond donors (Lipinski definition) is 1. The Hall–Kier alpha value is -2.32. The van der Waals surface area contributed by atoms with Crippen molar-refractivity contribution in [1.82, 2.24) is 19.9 Å². The van der Waals surface area contributed by atoms with Gasteiger partial charge in [0.15, 0.2) is 10.9 Å². The predicted octanol–water partition coefficient (Wildman–Crippen LogP) is 2.70. The van der Waals surface area contributed by atoms with Gasteiger partial charge in [0.05, 0.1) is 18.3 Å². The molecule has 0 amide bonds. The highest BCUT2D eigenvalue weighted by Crippen LogP contribution is 2.25. The van der Waals surface area contributed by atoms with Gasteiger partial charge in [0.25, 0.3) is 0 Å². The lowest BCUT2D eigenvalue weighted by Gasteiger charge is -2.10. The highest BCUT2D eigenvalue weighted by Gasteiger charge is 2.20. The lowest BCUT2D eigenvalue weighted by atomic mass is 10.2. The fourth-order valence-electron chi connectivity index (χ4n) is 2.82. The van der Waals surface area contributed by atoms with Crippen molar-refractivity contribution in [3.8, 4) is 11.3 Å². The third kappa shape index (κ3) is 3.69. The Morgan fingerprint density at radius 2 is 2.20 bits per heavy atom. The average Bonchev–Trinajstić information content (AvgIpc) is 3.38. The van der Waals surface area contributed by atoms with Gasteiger partial charge in [0, 0.05) is 24.0 Å². The molecule has 0 unspecified atom stereocenters. The normalized spacial score (nSPS) is 17.2. The lowest BCUT2D eigenvalue weighted by Crippen LogP contribution is -2.24. The molecule has 0 radical (unpaired) electrons. The first kappa shape index (κ1) is 16.2. The van der Waals surface area contributed by atoms with E-state index in [0.29, 0.717) is 17.5 Å². The molecule has 2 aromatic heterocycles. The summed E-state index contributed by atoms with van der Waals surface area (Å²) in [6, 6.07) is 11.7. The number of nitrogens with zero attached hydrogens (tertiary/aromatic N) is 3. The second-order valence-corrected chi connectivity index (χ2v) is 6.84. The average molecular weight is 358 g/mol. The summed E-state index contributed by atoms with van der Waals surface area (Å²) in [5, 5.41) is 11.4. The molecule has 25 heavy (non-hydrogen) atoms. The maximum atomic E-state index is 12.0. The Morgan fingerprint density at radius 3 is 3.00 bits per heavy atom. The third-order valence-electron chi connectivity index (χ3n) is 4.10. The van der Waals surface area contributed by atoms with Crippen LogP contribution in [0.5, 0.6) is 0 Å². The highest BCUT2D eigenvalue weighted by molar-refractivity contribution is 7.98. The molecule has 1 saturated heterocycles. The first-order valence-electron chi connectivity index (χ1n) is 8.20. The van der Waals surface area contributed by atoms with Gasteiger partial charge in [0.2, 0.25) is 0 Å². The molecule has 130 valence electrons. The maximum absolute atomic E-state index is 12.0. The Balaban J connectivity index is 1.43. The SMILES string of the molecule is O=c1[nH]nc(SCc2cc(-c3ccccc3)on2)n1C[C@H]1CCCO1. The van der Waals surface area contributed by atoms with Crippen molar-refractivity contribution in [2.75, 3.05) is 6.61 Å². The molecule has 8 heteroatoms. The van der Waals surface area contributed by atoms with Gasteiger partial charge in [0.1, 0.15) is 0 Å². The second-order valence-electron chi connectivity index (χ2n) is 5.89. The fourth-order valence-corrected chi connectivity index (χ4v) is 3.66. The lowest BCUT2D eigenvalue weighted by molar-refractivity contribution is 0.0941. The van der Waals surface area contributed by atoms with E-state index < -0.39 is 0 Å². The number of aromatic amines is 1. The zero-order valence-corrected chi connectivity index (χ0v) is 14.4. The maximum Gasteiger partial charge on any atom is 0.344 e. The van der Waals surface area contributed by atoms with E-state index in [0.717, 1.165) is 36.5 Å². The minimum absolute atomic E-state index is 0.0892. The Kier molecular flexibility index (Phi) is 4.71. The largest absolute Gasteiger partial charge is 0.376 e. The van der Waals surface area contributed by atoms with Crippen LogP contribution in [-0.2, 0) is 17.0 Å². The minimum Gasteiger partial charge on any atom is -0.376 e. The van der Waals surface area contributed by atoms with Crippen LogP contribution in [0, 0.1) is 0 Å². The van der Waals surface area contributed by atoms with E-state index in [2.05, 4.69) is 15.4 Å². The number of benzene rings is 1. The summed E-state index contributed by atoms with van der Waals surface area (Å²) in [7, 11) is 0. The van der Waals surface area contributed by atoms with Crippen molar-refractivity contribution < 1.29 is 9.26 Å². The molecule has 4 rings (SSSR count). The van der Waals surface area contributed by atoms with E-state index in [1.54, 1.807) is 4.57 Å². The smallest absolute Gasteiger partial charge is 0.344 e. The molecule has 0 bridgehead atoms. The molecule has 1 aromatic carbocycles. The van der Waals surface area contributed by atoms with Crippen LogP contribution in [0.4, 0.5) is 0 Å². The molecule has 3 aromatic rings. The first-order valence-corrected chi connectivity index (χ1v) is 9.19. The quantitative estimate of drug-likeness (QED) is 0.682. The van der Waals surface area contributed by atoms with Crippen LogP contribution in [0.2, 0.25) is 0 Å². The molecule has 0 spiro atoms. The number of rotatable bonds is 6. The van der Waals surface area contributed by atoms with E-state index >= 15 is 0 Å². The zero-order chi connectivity index (χ0) is 17.1. The first-order chi connectivity index (χ1) is 12.3. The predicted molar refractivity (Wildman–Crippen MR) is 93.3 cm³/mol. The van der Waals surface area contributed by atoms with Gasteiger partial charge in [-0.1, -0.05) is 47.3 Å². The van der Waals surface area contributed by atoms with Crippen molar-refractivity contribution >= 4 is 11.8 Å². The molecule has 1 aliphatic heterocycles. The molecule has 1 fully saturated rings. The van der Waals surface area contributed by atoms with Gasteiger partial charge in [-0.2, -0.15) is 0 Å². The molecule has 3 heterocycles. The van der Waals surface area contributed by atoms with Gasteiger partial charge in [-0.15, -0.1) is 5.10 Å². The number of hydrogen-bond acceptors (Lipinski definition) is 6.